The van der Waals surface area contributed by atoms with Gasteiger partial charge < -0.3 is 14.7 Å². The molecule has 0 heterocycles. The van der Waals surface area contributed by atoms with Gasteiger partial charge in [0.15, 0.2) is 0 Å². The molecule has 0 fully saturated rings. The van der Waals surface area contributed by atoms with E-state index in [4.69, 9.17) is 9.84 Å². The Kier molecular flexibility index (Phi) is 35.8. The fourth-order valence-electron chi connectivity index (χ4n) is 4.84. The lowest BCUT2D eigenvalue weighted by Crippen LogP contribution is -2.27. The smallest absolute Gasteiger partial charge is 0.306 e. The summed E-state index contributed by atoms with van der Waals surface area (Å²) in [4.78, 5) is 14.4. The summed E-state index contributed by atoms with van der Waals surface area (Å²) in [6.45, 7) is 14.4. The zero-order valence-corrected chi connectivity index (χ0v) is 26.9. The number of nitrogens with zero attached hydrogens (tertiary/aromatic N) is 1. The predicted molar refractivity (Wildman–Crippen MR) is 168 cm³/mol. The average Bonchev–Trinajstić information content (AvgIpc) is 2.92. The maximum atomic E-state index is 12.1. The summed E-state index contributed by atoms with van der Waals surface area (Å²) in [6.07, 6.45) is 28.6. The van der Waals surface area contributed by atoms with Crippen LogP contribution in [-0.2, 0) is 9.53 Å². The van der Waals surface area contributed by atoms with Crippen molar-refractivity contribution in [2.45, 2.75) is 188 Å². The second kappa shape index (κ2) is 34.4. The van der Waals surface area contributed by atoms with Crippen LogP contribution >= 0.6 is 0 Å². The lowest BCUT2D eigenvalue weighted by atomic mass is 10.0. The first-order chi connectivity index (χ1) is 18.6. The minimum Gasteiger partial charge on any atom is -0.462 e. The summed E-state index contributed by atoms with van der Waals surface area (Å²) in [7, 11) is 0. The Hall–Kier alpha value is -0.610. The zero-order chi connectivity index (χ0) is 28.5. The van der Waals surface area contributed by atoms with Gasteiger partial charge in [-0.3, -0.25) is 4.79 Å². The van der Waals surface area contributed by atoms with E-state index >= 15 is 0 Å². The number of aliphatic hydroxyl groups excluding tert-OH is 1. The van der Waals surface area contributed by atoms with Crippen LogP contribution in [0.2, 0.25) is 0 Å². The Labute approximate surface area is 240 Å². The van der Waals surface area contributed by atoms with Crippen LogP contribution in [0.3, 0.4) is 0 Å². The molecule has 0 aromatic rings. The van der Waals surface area contributed by atoms with E-state index in [1.807, 2.05) is 0 Å². The average molecular weight is 542 g/mol. The fourth-order valence-corrected chi connectivity index (χ4v) is 4.84. The number of esters is 1. The number of likely N-dealkylation sites (N-methyl/N-ethyl adjacent to an activating group) is 1. The topological polar surface area (TPSA) is 49.8 Å². The second-order valence-corrected chi connectivity index (χ2v) is 11.3. The summed E-state index contributed by atoms with van der Waals surface area (Å²) in [5.41, 5.74) is 0. The molecule has 0 bridgehead atoms. The first kappa shape index (κ1) is 39.5. The van der Waals surface area contributed by atoms with Crippen LogP contribution in [0.15, 0.2) is 0 Å². The second-order valence-electron chi connectivity index (χ2n) is 11.3. The molecule has 0 aromatic heterocycles. The Bertz CT molecular complexity index is 427. The van der Waals surface area contributed by atoms with Crippen LogP contribution in [0.25, 0.3) is 0 Å². The SMILES string of the molecule is CCCCCCCCC(CCCCCCCC)OC(=O)CCCCC.CCCCCCCN(CC)CCO. The van der Waals surface area contributed by atoms with Crippen molar-refractivity contribution in [3.63, 3.8) is 0 Å². The van der Waals surface area contributed by atoms with E-state index in [1.165, 1.54) is 109 Å². The highest BCUT2D eigenvalue weighted by Crippen LogP contribution is 2.18. The van der Waals surface area contributed by atoms with Crippen LogP contribution in [0.5, 0.6) is 0 Å². The number of hydrogen-bond donors (Lipinski definition) is 1. The largest absolute Gasteiger partial charge is 0.462 e. The highest BCUT2D eigenvalue weighted by atomic mass is 16.5. The van der Waals surface area contributed by atoms with Gasteiger partial charge in [-0.2, -0.15) is 0 Å². The predicted octanol–water partition coefficient (Wildman–Crippen LogP) is 10.3. The molecule has 0 amide bonds. The Morgan fingerprint density at radius 3 is 1.45 bits per heavy atom. The molecule has 38 heavy (non-hydrogen) atoms. The quantitative estimate of drug-likeness (QED) is 0.0790. The van der Waals surface area contributed by atoms with Crippen LogP contribution in [0.4, 0.5) is 0 Å². The van der Waals surface area contributed by atoms with Gasteiger partial charge in [-0.25, -0.2) is 0 Å². The molecular formula is C34H71NO3. The number of rotatable bonds is 28. The van der Waals surface area contributed by atoms with Crippen molar-refractivity contribution in [2.75, 3.05) is 26.2 Å². The third-order valence-corrected chi connectivity index (χ3v) is 7.48. The molecule has 0 aliphatic carbocycles. The van der Waals surface area contributed by atoms with Gasteiger partial charge >= 0.3 is 5.97 Å². The van der Waals surface area contributed by atoms with E-state index in [1.54, 1.807) is 0 Å². The van der Waals surface area contributed by atoms with Crippen molar-refractivity contribution >= 4 is 5.97 Å². The lowest BCUT2D eigenvalue weighted by Gasteiger charge is -2.18. The highest BCUT2D eigenvalue weighted by Gasteiger charge is 2.14. The third kappa shape index (κ3) is 31.6. The summed E-state index contributed by atoms with van der Waals surface area (Å²) in [5, 5.41) is 8.77. The summed E-state index contributed by atoms with van der Waals surface area (Å²) in [5.74, 6) is 0.0374. The number of carbonyl (C=O) groups is 1. The van der Waals surface area contributed by atoms with E-state index in [0.29, 0.717) is 13.0 Å². The van der Waals surface area contributed by atoms with Crippen molar-refractivity contribution in [3.05, 3.63) is 0 Å². The fraction of sp³-hybridized carbons (Fsp3) is 0.971. The van der Waals surface area contributed by atoms with Crippen molar-refractivity contribution in [3.8, 4) is 0 Å². The van der Waals surface area contributed by atoms with Crippen molar-refractivity contribution < 1.29 is 14.6 Å². The van der Waals surface area contributed by atoms with Crippen molar-refractivity contribution in [1.29, 1.82) is 0 Å². The van der Waals surface area contributed by atoms with Crippen LogP contribution in [0, 0.1) is 0 Å². The molecule has 0 radical (unpaired) electrons. The van der Waals surface area contributed by atoms with E-state index in [2.05, 4.69) is 39.5 Å². The molecule has 0 rings (SSSR count). The van der Waals surface area contributed by atoms with E-state index in [0.717, 1.165) is 51.7 Å². The van der Waals surface area contributed by atoms with Crippen LogP contribution in [0.1, 0.15) is 182 Å². The van der Waals surface area contributed by atoms with Crippen LogP contribution in [-0.4, -0.2) is 48.3 Å². The van der Waals surface area contributed by atoms with Gasteiger partial charge in [0.2, 0.25) is 0 Å². The lowest BCUT2D eigenvalue weighted by molar-refractivity contribution is -0.150. The standard InChI is InChI=1S/C23H46O2.C11H25NO/c1-4-7-10-12-14-17-19-22(20-18-15-13-11-8-5-2)25-23(24)21-16-9-6-3;1-3-5-6-7-8-9-12(4-2)10-11-13/h22H,4-21H2,1-3H3;13H,3-11H2,1-2H3. The maximum Gasteiger partial charge on any atom is 0.306 e. The molecule has 0 aliphatic rings. The van der Waals surface area contributed by atoms with Crippen molar-refractivity contribution in [1.82, 2.24) is 4.90 Å². The maximum absolute atomic E-state index is 12.1. The Morgan fingerprint density at radius 2 is 1.00 bits per heavy atom. The van der Waals surface area contributed by atoms with Gasteiger partial charge in [-0.1, -0.05) is 137 Å². The number of ether oxygens (including phenoxy) is 1. The third-order valence-electron chi connectivity index (χ3n) is 7.48. The van der Waals surface area contributed by atoms with E-state index in [-0.39, 0.29) is 12.1 Å². The van der Waals surface area contributed by atoms with Gasteiger partial charge in [0, 0.05) is 13.0 Å². The van der Waals surface area contributed by atoms with Gasteiger partial charge in [0.25, 0.3) is 0 Å². The van der Waals surface area contributed by atoms with E-state index < -0.39 is 0 Å². The number of carbonyl (C=O) groups excluding carboxylic acids is 1. The van der Waals surface area contributed by atoms with Crippen LogP contribution < -0.4 is 0 Å². The molecule has 4 heteroatoms. The minimum atomic E-state index is 0.0374. The molecule has 4 nitrogen and oxygen atoms in total. The van der Waals surface area contributed by atoms with E-state index in [9.17, 15) is 4.79 Å². The zero-order valence-electron chi connectivity index (χ0n) is 26.9. The monoisotopic (exact) mass is 542 g/mol. The Balaban J connectivity index is 0. The van der Waals surface area contributed by atoms with Gasteiger partial charge in [0.05, 0.1) is 6.61 Å². The molecule has 0 aromatic carbocycles. The molecule has 0 unspecified atom stereocenters. The summed E-state index contributed by atoms with van der Waals surface area (Å²) >= 11 is 0. The number of aliphatic hydroxyl groups is 1. The first-order valence-electron chi connectivity index (χ1n) is 17.1. The molecule has 0 atom stereocenters. The molecule has 0 saturated carbocycles. The molecule has 0 saturated heterocycles. The molecule has 1 N–H and O–H groups in total. The highest BCUT2D eigenvalue weighted by molar-refractivity contribution is 5.69. The number of hydrogen-bond acceptors (Lipinski definition) is 4. The normalized spacial score (nSPS) is 11.2. The minimum absolute atomic E-state index is 0.0374. The molecular weight excluding hydrogens is 470 g/mol. The number of unbranched alkanes of at least 4 members (excludes halogenated alkanes) is 16. The summed E-state index contributed by atoms with van der Waals surface area (Å²) < 4.78 is 5.81. The first-order valence-corrected chi connectivity index (χ1v) is 17.1. The summed E-state index contributed by atoms with van der Waals surface area (Å²) in [6, 6.07) is 0. The molecule has 0 spiro atoms. The van der Waals surface area contributed by atoms with Gasteiger partial charge in [-0.05, 0) is 51.6 Å². The van der Waals surface area contributed by atoms with Gasteiger partial charge in [-0.15, -0.1) is 0 Å². The molecule has 0 aliphatic heterocycles. The Morgan fingerprint density at radius 1 is 0.579 bits per heavy atom. The van der Waals surface area contributed by atoms with Crippen molar-refractivity contribution in [2.24, 2.45) is 0 Å². The van der Waals surface area contributed by atoms with Gasteiger partial charge in [0.1, 0.15) is 6.10 Å². The molecule has 230 valence electrons.